The summed E-state index contributed by atoms with van der Waals surface area (Å²) < 4.78 is 22.8. The Hall–Kier alpha value is -1.36. The van der Waals surface area contributed by atoms with E-state index in [9.17, 15) is 13.2 Å². The molecule has 0 bridgehead atoms. The number of hydrogen-bond donors (Lipinski definition) is 3. The standard InChI is InChI=1S/C18H26N4O3S.HI/c19-18(22-16-7-3-5-13-4-1-2-6-15(13)16)20-10-8-17(23)21-14-9-11-26(24,25)12-14;/h3,5,7,14H,1-2,4,6,8-12H2,(H,21,23)(H3,19,20,22);1H. The maximum Gasteiger partial charge on any atom is 0.222 e. The molecule has 1 aromatic carbocycles. The van der Waals surface area contributed by atoms with E-state index in [0.717, 1.165) is 18.5 Å². The van der Waals surface area contributed by atoms with E-state index in [2.05, 4.69) is 21.7 Å². The van der Waals surface area contributed by atoms with E-state index in [1.54, 1.807) is 0 Å². The lowest BCUT2D eigenvalue weighted by atomic mass is 9.90. The predicted octanol–water partition coefficient (Wildman–Crippen LogP) is 1.60. The monoisotopic (exact) mass is 506 g/mol. The van der Waals surface area contributed by atoms with Crippen molar-refractivity contribution in [2.24, 2.45) is 10.7 Å². The molecule has 1 unspecified atom stereocenters. The molecule has 1 saturated heterocycles. The number of benzene rings is 1. The molecule has 3 rings (SSSR count). The molecule has 0 saturated carbocycles. The first kappa shape index (κ1) is 21.9. The van der Waals surface area contributed by atoms with E-state index < -0.39 is 9.84 Å². The van der Waals surface area contributed by atoms with Gasteiger partial charge < -0.3 is 16.4 Å². The Morgan fingerprint density at radius 2 is 2.04 bits per heavy atom. The number of amides is 1. The lowest BCUT2D eigenvalue weighted by Gasteiger charge is -2.19. The van der Waals surface area contributed by atoms with Gasteiger partial charge in [0.2, 0.25) is 5.91 Å². The van der Waals surface area contributed by atoms with Crippen LogP contribution >= 0.6 is 24.0 Å². The van der Waals surface area contributed by atoms with Crippen molar-refractivity contribution in [3.05, 3.63) is 29.3 Å². The van der Waals surface area contributed by atoms with Gasteiger partial charge in [0.05, 0.1) is 18.1 Å². The van der Waals surface area contributed by atoms with Gasteiger partial charge in [0.15, 0.2) is 15.8 Å². The van der Waals surface area contributed by atoms with Crippen molar-refractivity contribution in [3.63, 3.8) is 0 Å². The normalized spacial score (nSPS) is 21.0. The van der Waals surface area contributed by atoms with Crippen molar-refractivity contribution >= 4 is 51.4 Å². The van der Waals surface area contributed by atoms with Crippen LogP contribution in [0.15, 0.2) is 23.2 Å². The van der Waals surface area contributed by atoms with Crippen LogP contribution in [0.5, 0.6) is 0 Å². The Kier molecular flexibility index (Phi) is 7.90. The summed E-state index contributed by atoms with van der Waals surface area (Å²) in [5.41, 5.74) is 9.61. The molecule has 1 aliphatic heterocycles. The third-order valence-electron chi connectivity index (χ3n) is 4.88. The molecular weight excluding hydrogens is 479 g/mol. The Morgan fingerprint density at radius 3 is 2.78 bits per heavy atom. The molecule has 1 heterocycles. The minimum Gasteiger partial charge on any atom is -0.370 e. The third-order valence-corrected chi connectivity index (χ3v) is 6.65. The quantitative estimate of drug-likeness (QED) is 0.319. The second-order valence-electron chi connectivity index (χ2n) is 6.96. The molecule has 1 aromatic rings. The maximum atomic E-state index is 11.9. The Labute approximate surface area is 177 Å². The van der Waals surface area contributed by atoms with Gasteiger partial charge >= 0.3 is 0 Å². The maximum absolute atomic E-state index is 11.9. The summed E-state index contributed by atoms with van der Waals surface area (Å²) in [4.78, 5) is 16.1. The number of aryl methyl sites for hydroxylation is 1. The Balaban J connectivity index is 0.00000261. The molecule has 0 spiro atoms. The summed E-state index contributed by atoms with van der Waals surface area (Å²) in [5, 5.41) is 5.89. The van der Waals surface area contributed by atoms with Crippen LogP contribution in [-0.4, -0.2) is 44.4 Å². The van der Waals surface area contributed by atoms with E-state index in [4.69, 9.17) is 5.73 Å². The number of carbonyl (C=O) groups is 1. The van der Waals surface area contributed by atoms with Gasteiger partial charge in [-0.15, -0.1) is 24.0 Å². The fraction of sp³-hybridized carbons (Fsp3) is 0.556. The molecule has 0 radical (unpaired) electrons. The van der Waals surface area contributed by atoms with Gasteiger partial charge in [-0.25, -0.2) is 8.42 Å². The number of aliphatic imine (C=N–C) groups is 1. The summed E-state index contributed by atoms with van der Waals surface area (Å²) in [6, 6.07) is 5.89. The van der Waals surface area contributed by atoms with Gasteiger partial charge in [-0.2, -0.15) is 0 Å². The van der Waals surface area contributed by atoms with Crippen molar-refractivity contribution < 1.29 is 13.2 Å². The minimum atomic E-state index is -2.99. The highest BCUT2D eigenvalue weighted by Crippen LogP contribution is 2.27. The van der Waals surface area contributed by atoms with Gasteiger partial charge in [-0.3, -0.25) is 9.79 Å². The summed E-state index contributed by atoms with van der Waals surface area (Å²) in [7, 11) is -2.99. The van der Waals surface area contributed by atoms with Crippen LogP contribution in [-0.2, 0) is 27.5 Å². The van der Waals surface area contributed by atoms with E-state index in [1.807, 2.05) is 12.1 Å². The largest absolute Gasteiger partial charge is 0.370 e. The minimum absolute atomic E-state index is 0. The van der Waals surface area contributed by atoms with E-state index in [-0.39, 0.29) is 60.4 Å². The number of hydrogen-bond acceptors (Lipinski definition) is 4. The molecule has 27 heavy (non-hydrogen) atoms. The number of anilines is 1. The van der Waals surface area contributed by atoms with Gasteiger partial charge in [0.1, 0.15) is 0 Å². The Bertz CT molecular complexity index is 811. The number of nitrogens with zero attached hydrogens (tertiary/aromatic N) is 1. The van der Waals surface area contributed by atoms with Gasteiger partial charge in [-0.05, 0) is 49.3 Å². The highest BCUT2D eigenvalue weighted by atomic mass is 127. The molecule has 1 fully saturated rings. The first-order chi connectivity index (χ1) is 12.4. The van der Waals surface area contributed by atoms with E-state index in [0.29, 0.717) is 12.4 Å². The first-order valence-corrected chi connectivity index (χ1v) is 10.9. The highest BCUT2D eigenvalue weighted by Gasteiger charge is 2.28. The second kappa shape index (κ2) is 9.72. The van der Waals surface area contributed by atoms with E-state index in [1.165, 1.54) is 24.0 Å². The molecule has 9 heteroatoms. The first-order valence-electron chi connectivity index (χ1n) is 9.10. The number of nitrogens with two attached hydrogens (primary N) is 1. The highest BCUT2D eigenvalue weighted by molar-refractivity contribution is 14.0. The lowest BCUT2D eigenvalue weighted by molar-refractivity contribution is -0.121. The van der Waals surface area contributed by atoms with Crippen LogP contribution in [0.2, 0.25) is 0 Å². The van der Waals surface area contributed by atoms with Gasteiger partial charge in [0.25, 0.3) is 0 Å². The van der Waals surface area contributed by atoms with Crippen LogP contribution in [0.25, 0.3) is 0 Å². The van der Waals surface area contributed by atoms with Crippen LogP contribution in [0.4, 0.5) is 5.69 Å². The molecule has 2 aliphatic rings. The molecular formula is C18H27IN4O3S. The SMILES string of the molecule is I.NC(=NCCC(=O)NC1CCS(=O)(=O)C1)Nc1cccc2c1CCCC2. The fourth-order valence-corrected chi connectivity index (χ4v) is 5.24. The summed E-state index contributed by atoms with van der Waals surface area (Å²) in [6.07, 6.45) is 5.21. The number of rotatable bonds is 5. The smallest absolute Gasteiger partial charge is 0.222 e. The van der Waals surface area contributed by atoms with E-state index >= 15 is 0 Å². The van der Waals surface area contributed by atoms with Gasteiger partial charge in [0, 0.05) is 18.2 Å². The number of halogens is 1. The molecule has 1 amide bonds. The van der Waals surface area contributed by atoms with Gasteiger partial charge in [-0.1, -0.05) is 12.1 Å². The molecule has 150 valence electrons. The zero-order valence-corrected chi connectivity index (χ0v) is 18.4. The number of fused-ring (bicyclic) bond motifs is 1. The number of guanidine groups is 1. The van der Waals surface area contributed by atoms with Crippen molar-refractivity contribution in [2.75, 3.05) is 23.4 Å². The number of nitrogens with one attached hydrogen (secondary N) is 2. The summed E-state index contributed by atoms with van der Waals surface area (Å²) in [6.45, 7) is 0.263. The van der Waals surface area contributed by atoms with Crippen molar-refractivity contribution in [1.82, 2.24) is 5.32 Å². The summed E-state index contributed by atoms with van der Waals surface area (Å²) in [5.74, 6) is 0.278. The zero-order valence-electron chi connectivity index (χ0n) is 15.2. The lowest BCUT2D eigenvalue weighted by Crippen LogP contribution is -2.36. The molecule has 1 aliphatic carbocycles. The van der Waals surface area contributed by atoms with Crippen molar-refractivity contribution in [2.45, 2.75) is 44.6 Å². The average Bonchev–Trinajstić information content (AvgIpc) is 2.93. The number of carbonyl (C=O) groups excluding carboxylic acids is 1. The van der Waals surface area contributed by atoms with Crippen molar-refractivity contribution in [3.8, 4) is 0 Å². The van der Waals surface area contributed by atoms with Crippen LogP contribution in [0, 0.1) is 0 Å². The molecule has 7 nitrogen and oxygen atoms in total. The predicted molar refractivity (Wildman–Crippen MR) is 118 cm³/mol. The van der Waals surface area contributed by atoms with Crippen molar-refractivity contribution in [1.29, 1.82) is 0 Å². The topological polar surface area (TPSA) is 114 Å². The van der Waals surface area contributed by atoms with Crippen LogP contribution in [0.1, 0.15) is 36.8 Å². The summed E-state index contributed by atoms with van der Waals surface area (Å²) >= 11 is 0. The van der Waals surface area contributed by atoms with Crippen LogP contribution in [0.3, 0.4) is 0 Å². The fourth-order valence-electron chi connectivity index (χ4n) is 3.56. The molecule has 0 aromatic heterocycles. The number of sulfone groups is 1. The molecule has 1 atom stereocenters. The second-order valence-corrected chi connectivity index (χ2v) is 9.19. The van der Waals surface area contributed by atoms with Crippen LogP contribution < -0.4 is 16.4 Å². The zero-order chi connectivity index (χ0) is 18.6. The Morgan fingerprint density at radius 1 is 1.26 bits per heavy atom. The molecule has 4 N–H and O–H groups in total. The average molecular weight is 506 g/mol. The third kappa shape index (κ3) is 6.34.